The molecule has 1 heterocycles. The van der Waals surface area contributed by atoms with Gasteiger partial charge in [-0.15, -0.1) is 0 Å². The number of nitrogens with one attached hydrogen (secondary N) is 2. The van der Waals surface area contributed by atoms with Crippen LogP contribution in [0.4, 0.5) is 17.3 Å². The van der Waals surface area contributed by atoms with E-state index >= 15 is 0 Å². The van der Waals surface area contributed by atoms with Crippen molar-refractivity contribution in [2.45, 2.75) is 19.4 Å². The van der Waals surface area contributed by atoms with E-state index in [1.807, 2.05) is 69.2 Å². The lowest BCUT2D eigenvalue weighted by atomic mass is 10.00. The van der Waals surface area contributed by atoms with Crippen molar-refractivity contribution in [3.63, 3.8) is 0 Å². The van der Waals surface area contributed by atoms with Gasteiger partial charge in [0.25, 0.3) is 5.91 Å². The maximum Gasteiger partial charge on any atom is 0.266 e. The molecule has 1 aromatic heterocycles. The number of methoxy groups -OCH3 is 1. The standard InChI is InChI=1S/C26H28N6O3/c1-26(2,32(3)4)16-18(17-27)24(33)29-19-11-12-22(34-5)21(15-19)30-25-28-14-13-23(31-25)35-20-9-7-6-8-10-20/h6-16H,1-5H3,(H,29,33)(H,28,30,31)/b18-16+. The number of rotatable bonds is 9. The van der Waals surface area contributed by atoms with E-state index in [1.165, 1.54) is 7.11 Å². The number of benzene rings is 2. The Morgan fingerprint density at radius 1 is 1.14 bits per heavy atom. The van der Waals surface area contributed by atoms with Gasteiger partial charge in [0.2, 0.25) is 11.8 Å². The highest BCUT2D eigenvalue weighted by molar-refractivity contribution is 6.07. The zero-order valence-corrected chi connectivity index (χ0v) is 20.4. The molecule has 35 heavy (non-hydrogen) atoms. The van der Waals surface area contributed by atoms with Gasteiger partial charge in [0.05, 0.1) is 12.8 Å². The Hall–Kier alpha value is -4.42. The molecule has 0 saturated carbocycles. The summed E-state index contributed by atoms with van der Waals surface area (Å²) in [7, 11) is 5.30. The zero-order chi connectivity index (χ0) is 25.4. The molecule has 2 N–H and O–H groups in total. The maximum absolute atomic E-state index is 12.8. The fourth-order valence-corrected chi connectivity index (χ4v) is 2.90. The molecule has 0 atom stereocenters. The molecule has 0 radical (unpaired) electrons. The lowest BCUT2D eigenvalue weighted by Crippen LogP contribution is -2.37. The van der Waals surface area contributed by atoms with E-state index in [0.29, 0.717) is 28.8 Å². The summed E-state index contributed by atoms with van der Waals surface area (Å²) >= 11 is 0. The van der Waals surface area contributed by atoms with Crippen molar-refractivity contribution >= 4 is 23.2 Å². The topological polar surface area (TPSA) is 112 Å². The number of ether oxygens (including phenoxy) is 2. The fraction of sp³-hybridized carbons (Fsp3) is 0.231. The lowest BCUT2D eigenvalue weighted by molar-refractivity contribution is -0.112. The second-order valence-corrected chi connectivity index (χ2v) is 8.35. The number of aromatic nitrogens is 2. The third kappa shape index (κ3) is 6.79. The molecule has 0 bridgehead atoms. The molecule has 0 aliphatic rings. The Morgan fingerprint density at radius 2 is 1.89 bits per heavy atom. The first-order valence-electron chi connectivity index (χ1n) is 10.8. The molecule has 1 amide bonds. The second kappa shape index (κ2) is 11.1. The molecule has 0 aliphatic heterocycles. The van der Waals surface area contributed by atoms with Gasteiger partial charge < -0.3 is 25.0 Å². The van der Waals surface area contributed by atoms with Gasteiger partial charge in [-0.2, -0.15) is 10.2 Å². The number of hydrogen-bond donors (Lipinski definition) is 2. The Bertz CT molecular complexity index is 1250. The van der Waals surface area contributed by atoms with E-state index in [4.69, 9.17) is 9.47 Å². The van der Waals surface area contributed by atoms with E-state index in [0.717, 1.165) is 0 Å². The monoisotopic (exact) mass is 472 g/mol. The minimum absolute atomic E-state index is 0.0168. The summed E-state index contributed by atoms with van der Waals surface area (Å²) in [4.78, 5) is 23.3. The number of amides is 1. The van der Waals surface area contributed by atoms with E-state index in [-0.39, 0.29) is 11.5 Å². The van der Waals surface area contributed by atoms with E-state index in [9.17, 15) is 10.1 Å². The minimum Gasteiger partial charge on any atom is -0.495 e. The molecular weight excluding hydrogens is 444 g/mol. The van der Waals surface area contributed by atoms with Crippen LogP contribution in [-0.4, -0.2) is 47.5 Å². The normalized spacial score (nSPS) is 11.5. The first-order valence-corrected chi connectivity index (χ1v) is 10.8. The molecule has 0 aliphatic carbocycles. The summed E-state index contributed by atoms with van der Waals surface area (Å²) in [6.07, 6.45) is 3.21. The highest BCUT2D eigenvalue weighted by Gasteiger charge is 2.21. The summed E-state index contributed by atoms with van der Waals surface area (Å²) in [5.41, 5.74) is 0.541. The first kappa shape index (κ1) is 25.2. The smallest absolute Gasteiger partial charge is 0.266 e. The first-order chi connectivity index (χ1) is 16.7. The van der Waals surface area contributed by atoms with Crippen LogP contribution in [0.3, 0.4) is 0 Å². The summed E-state index contributed by atoms with van der Waals surface area (Å²) in [6.45, 7) is 3.84. The number of nitriles is 1. The van der Waals surface area contributed by atoms with Gasteiger partial charge in [-0.3, -0.25) is 4.79 Å². The minimum atomic E-state index is -0.506. The van der Waals surface area contributed by atoms with Crippen molar-refractivity contribution in [3.05, 3.63) is 72.4 Å². The predicted molar refractivity (Wildman–Crippen MR) is 135 cm³/mol. The SMILES string of the molecule is COc1ccc(NC(=O)/C(C#N)=C/C(C)(C)N(C)C)cc1Nc1nccc(Oc2ccccc2)n1. The van der Waals surface area contributed by atoms with E-state index in [1.54, 1.807) is 36.5 Å². The molecule has 0 saturated heterocycles. The summed E-state index contributed by atoms with van der Waals surface area (Å²) in [5.74, 6) is 1.31. The number of carbonyl (C=O) groups is 1. The van der Waals surface area contributed by atoms with Crippen molar-refractivity contribution in [1.82, 2.24) is 14.9 Å². The number of anilines is 3. The van der Waals surface area contributed by atoms with Crippen LogP contribution in [0, 0.1) is 11.3 Å². The number of para-hydroxylation sites is 1. The van der Waals surface area contributed by atoms with Gasteiger partial charge in [0, 0.05) is 23.5 Å². The molecule has 2 aromatic carbocycles. The number of carbonyl (C=O) groups excluding carboxylic acids is 1. The third-order valence-electron chi connectivity index (χ3n) is 5.31. The molecule has 3 rings (SSSR count). The van der Waals surface area contributed by atoms with Gasteiger partial charge in [-0.25, -0.2) is 4.98 Å². The Kier molecular flexibility index (Phi) is 8.02. The fourth-order valence-electron chi connectivity index (χ4n) is 2.90. The second-order valence-electron chi connectivity index (χ2n) is 8.35. The van der Waals surface area contributed by atoms with Crippen LogP contribution in [0.15, 0.2) is 72.4 Å². The molecule has 9 heteroatoms. The molecule has 3 aromatic rings. The van der Waals surface area contributed by atoms with Crippen LogP contribution in [0.2, 0.25) is 0 Å². The van der Waals surface area contributed by atoms with Crippen LogP contribution in [0.25, 0.3) is 0 Å². The van der Waals surface area contributed by atoms with Crippen LogP contribution in [0.5, 0.6) is 17.4 Å². The summed E-state index contributed by atoms with van der Waals surface area (Å²) in [5, 5.41) is 15.4. The molecule has 0 unspecified atom stereocenters. The van der Waals surface area contributed by atoms with Crippen LogP contribution >= 0.6 is 0 Å². The highest BCUT2D eigenvalue weighted by atomic mass is 16.5. The number of likely N-dealkylation sites (N-methyl/N-ethyl adjacent to an activating group) is 1. The molecule has 0 fully saturated rings. The van der Waals surface area contributed by atoms with Crippen LogP contribution in [-0.2, 0) is 4.79 Å². The molecule has 0 spiro atoms. The largest absolute Gasteiger partial charge is 0.495 e. The number of nitrogens with zero attached hydrogens (tertiary/aromatic N) is 4. The maximum atomic E-state index is 12.8. The van der Waals surface area contributed by atoms with E-state index in [2.05, 4.69) is 20.6 Å². The molecule has 9 nitrogen and oxygen atoms in total. The van der Waals surface area contributed by atoms with Gasteiger partial charge in [0.1, 0.15) is 23.1 Å². The van der Waals surface area contributed by atoms with Crippen molar-refractivity contribution in [2.24, 2.45) is 0 Å². The van der Waals surface area contributed by atoms with Gasteiger partial charge in [0.15, 0.2) is 0 Å². The van der Waals surface area contributed by atoms with Crippen molar-refractivity contribution < 1.29 is 14.3 Å². The average molecular weight is 473 g/mol. The average Bonchev–Trinajstić information content (AvgIpc) is 2.83. The van der Waals surface area contributed by atoms with Crippen molar-refractivity contribution in [1.29, 1.82) is 5.26 Å². The van der Waals surface area contributed by atoms with Crippen LogP contribution < -0.4 is 20.1 Å². The van der Waals surface area contributed by atoms with Crippen LogP contribution in [0.1, 0.15) is 13.8 Å². The highest BCUT2D eigenvalue weighted by Crippen LogP contribution is 2.30. The van der Waals surface area contributed by atoms with Gasteiger partial charge >= 0.3 is 0 Å². The molecule has 180 valence electrons. The quantitative estimate of drug-likeness (QED) is 0.339. The predicted octanol–water partition coefficient (Wildman–Crippen LogP) is 4.75. The molecular formula is C26H28N6O3. The van der Waals surface area contributed by atoms with Crippen molar-refractivity contribution in [3.8, 4) is 23.4 Å². The Morgan fingerprint density at radius 3 is 2.54 bits per heavy atom. The lowest BCUT2D eigenvalue weighted by Gasteiger charge is -2.29. The number of hydrogen-bond acceptors (Lipinski definition) is 8. The van der Waals surface area contributed by atoms with E-state index < -0.39 is 11.4 Å². The summed E-state index contributed by atoms with van der Waals surface area (Å²) < 4.78 is 11.2. The van der Waals surface area contributed by atoms with Gasteiger partial charge in [-0.05, 0) is 64.4 Å². The third-order valence-corrected chi connectivity index (χ3v) is 5.31. The Labute approximate surface area is 205 Å². The zero-order valence-electron chi connectivity index (χ0n) is 20.4. The Balaban J connectivity index is 1.81. The summed E-state index contributed by atoms with van der Waals surface area (Å²) in [6, 6.07) is 18.0. The van der Waals surface area contributed by atoms with Crippen molar-refractivity contribution in [2.75, 3.05) is 31.8 Å². The van der Waals surface area contributed by atoms with Gasteiger partial charge in [-0.1, -0.05) is 18.2 Å².